The number of carboxylic acids is 1. The number of rotatable bonds is 3. The fourth-order valence-electron chi connectivity index (χ4n) is 2.83. The molecule has 0 saturated carbocycles. The molecule has 1 N–H and O–H groups in total. The summed E-state index contributed by atoms with van der Waals surface area (Å²) in [6.07, 6.45) is 1.92. The van der Waals surface area contributed by atoms with Crippen LogP contribution in [0.4, 0.5) is 0 Å². The lowest BCUT2D eigenvalue weighted by molar-refractivity contribution is -0.148. The van der Waals surface area contributed by atoms with Gasteiger partial charge in [0.2, 0.25) is 0 Å². The SMILES string of the molecule is O=C(O)C1(Cc2ccsc2)Cc2ccccc2C1. The molecule has 0 aliphatic heterocycles. The van der Waals surface area contributed by atoms with Crippen molar-refractivity contribution in [2.75, 3.05) is 0 Å². The molecule has 0 saturated heterocycles. The zero-order valence-electron chi connectivity index (χ0n) is 9.93. The summed E-state index contributed by atoms with van der Waals surface area (Å²) in [5.74, 6) is -0.676. The molecular formula is C15H14O2S. The van der Waals surface area contributed by atoms with Gasteiger partial charge in [-0.3, -0.25) is 4.79 Å². The first kappa shape index (κ1) is 11.5. The zero-order chi connectivity index (χ0) is 12.6. The maximum Gasteiger partial charge on any atom is 0.310 e. The van der Waals surface area contributed by atoms with Gasteiger partial charge in [0.15, 0.2) is 0 Å². The van der Waals surface area contributed by atoms with Crippen LogP contribution in [0.2, 0.25) is 0 Å². The molecule has 0 bridgehead atoms. The Hall–Kier alpha value is -1.61. The van der Waals surface area contributed by atoms with Gasteiger partial charge in [-0.15, -0.1) is 0 Å². The number of hydrogen-bond donors (Lipinski definition) is 1. The number of aliphatic carboxylic acids is 1. The molecule has 0 unspecified atom stereocenters. The molecule has 3 heteroatoms. The van der Waals surface area contributed by atoms with E-state index in [1.165, 1.54) is 11.1 Å². The Morgan fingerprint density at radius 2 is 1.89 bits per heavy atom. The van der Waals surface area contributed by atoms with Gasteiger partial charge in [0.25, 0.3) is 0 Å². The van der Waals surface area contributed by atoms with Gasteiger partial charge < -0.3 is 5.11 Å². The quantitative estimate of drug-likeness (QED) is 0.918. The molecule has 1 aromatic heterocycles. The molecule has 0 atom stereocenters. The average Bonchev–Trinajstić information content (AvgIpc) is 2.96. The second kappa shape index (κ2) is 4.25. The van der Waals surface area contributed by atoms with Gasteiger partial charge in [0.05, 0.1) is 5.41 Å². The molecule has 1 aliphatic carbocycles. The van der Waals surface area contributed by atoms with Gasteiger partial charge in [0.1, 0.15) is 0 Å². The summed E-state index contributed by atoms with van der Waals surface area (Å²) < 4.78 is 0. The standard InChI is InChI=1S/C15H14O2S/c16-14(17)15(7-11-5-6-18-10-11)8-12-3-1-2-4-13(12)9-15/h1-6,10H,7-9H2,(H,16,17). The van der Waals surface area contributed by atoms with Crippen molar-refractivity contribution in [1.29, 1.82) is 0 Å². The minimum absolute atomic E-state index is 0.626. The molecule has 0 radical (unpaired) electrons. The van der Waals surface area contributed by atoms with E-state index < -0.39 is 11.4 Å². The Labute approximate surface area is 110 Å². The Kier molecular flexibility index (Phi) is 2.71. The summed E-state index contributed by atoms with van der Waals surface area (Å²) in [6, 6.07) is 10.1. The van der Waals surface area contributed by atoms with E-state index in [0.717, 1.165) is 5.56 Å². The van der Waals surface area contributed by atoms with E-state index in [-0.39, 0.29) is 0 Å². The van der Waals surface area contributed by atoms with Crippen LogP contribution in [0.1, 0.15) is 16.7 Å². The van der Waals surface area contributed by atoms with E-state index in [1.807, 2.05) is 41.1 Å². The number of carbonyl (C=O) groups is 1. The Morgan fingerprint density at radius 1 is 1.22 bits per heavy atom. The lowest BCUT2D eigenvalue weighted by atomic mass is 9.79. The highest BCUT2D eigenvalue weighted by atomic mass is 32.1. The Balaban J connectivity index is 1.94. The van der Waals surface area contributed by atoms with E-state index in [4.69, 9.17) is 0 Å². The molecule has 3 rings (SSSR count). The van der Waals surface area contributed by atoms with Crippen molar-refractivity contribution in [3.63, 3.8) is 0 Å². The lowest BCUT2D eigenvalue weighted by Gasteiger charge is -2.23. The van der Waals surface area contributed by atoms with Gasteiger partial charge in [-0.1, -0.05) is 24.3 Å². The van der Waals surface area contributed by atoms with Gasteiger partial charge in [-0.2, -0.15) is 11.3 Å². The minimum Gasteiger partial charge on any atom is -0.481 e. The van der Waals surface area contributed by atoms with Crippen molar-refractivity contribution in [3.8, 4) is 0 Å². The van der Waals surface area contributed by atoms with E-state index in [1.54, 1.807) is 11.3 Å². The monoisotopic (exact) mass is 258 g/mol. The maximum absolute atomic E-state index is 11.7. The minimum atomic E-state index is -0.676. The van der Waals surface area contributed by atoms with Crippen LogP contribution in [-0.2, 0) is 24.1 Å². The maximum atomic E-state index is 11.7. The highest BCUT2D eigenvalue weighted by Crippen LogP contribution is 2.40. The highest BCUT2D eigenvalue weighted by molar-refractivity contribution is 7.07. The van der Waals surface area contributed by atoms with Crippen molar-refractivity contribution in [2.24, 2.45) is 5.41 Å². The molecule has 2 aromatic rings. The van der Waals surface area contributed by atoms with Crippen LogP contribution >= 0.6 is 11.3 Å². The fourth-order valence-corrected chi connectivity index (χ4v) is 3.50. The van der Waals surface area contributed by atoms with Crippen LogP contribution in [0.15, 0.2) is 41.1 Å². The molecule has 1 aliphatic rings. The lowest BCUT2D eigenvalue weighted by Crippen LogP contribution is -2.34. The van der Waals surface area contributed by atoms with Crippen LogP contribution in [0, 0.1) is 5.41 Å². The summed E-state index contributed by atoms with van der Waals surface area (Å²) in [5, 5.41) is 13.7. The Morgan fingerprint density at radius 3 is 2.39 bits per heavy atom. The predicted molar refractivity (Wildman–Crippen MR) is 71.9 cm³/mol. The van der Waals surface area contributed by atoms with Crippen LogP contribution in [0.25, 0.3) is 0 Å². The normalized spacial score (nSPS) is 16.4. The van der Waals surface area contributed by atoms with Gasteiger partial charge >= 0.3 is 5.97 Å². The Bertz CT molecular complexity index is 541. The van der Waals surface area contributed by atoms with Gasteiger partial charge in [-0.25, -0.2) is 0 Å². The first-order valence-electron chi connectivity index (χ1n) is 6.01. The first-order chi connectivity index (χ1) is 8.70. The van der Waals surface area contributed by atoms with Gasteiger partial charge in [0, 0.05) is 0 Å². The van der Waals surface area contributed by atoms with Crippen LogP contribution < -0.4 is 0 Å². The number of fused-ring (bicyclic) bond motifs is 1. The van der Waals surface area contributed by atoms with Crippen LogP contribution in [-0.4, -0.2) is 11.1 Å². The van der Waals surface area contributed by atoms with Crippen molar-refractivity contribution < 1.29 is 9.90 Å². The topological polar surface area (TPSA) is 37.3 Å². The first-order valence-corrected chi connectivity index (χ1v) is 6.95. The third-order valence-corrected chi connectivity index (χ3v) is 4.48. The number of carboxylic acid groups (broad SMARTS) is 1. The smallest absolute Gasteiger partial charge is 0.310 e. The molecule has 1 aromatic carbocycles. The van der Waals surface area contributed by atoms with E-state index in [0.29, 0.717) is 19.3 Å². The number of hydrogen-bond acceptors (Lipinski definition) is 2. The van der Waals surface area contributed by atoms with E-state index in [9.17, 15) is 9.90 Å². The average molecular weight is 258 g/mol. The second-order valence-electron chi connectivity index (χ2n) is 5.02. The summed E-state index contributed by atoms with van der Waals surface area (Å²) in [7, 11) is 0. The van der Waals surface area contributed by atoms with Gasteiger partial charge in [-0.05, 0) is 52.8 Å². The summed E-state index contributed by atoms with van der Waals surface area (Å²) in [6.45, 7) is 0. The van der Waals surface area contributed by atoms with Crippen LogP contribution in [0.5, 0.6) is 0 Å². The summed E-state index contributed by atoms with van der Waals surface area (Å²) >= 11 is 1.62. The molecule has 1 heterocycles. The molecular weight excluding hydrogens is 244 g/mol. The number of benzene rings is 1. The number of thiophene rings is 1. The molecule has 0 fully saturated rings. The molecule has 92 valence electrons. The molecule has 18 heavy (non-hydrogen) atoms. The molecule has 0 spiro atoms. The summed E-state index contributed by atoms with van der Waals surface area (Å²) in [5.41, 5.74) is 2.87. The van der Waals surface area contributed by atoms with Crippen molar-refractivity contribution >= 4 is 17.3 Å². The zero-order valence-corrected chi connectivity index (χ0v) is 10.7. The van der Waals surface area contributed by atoms with Crippen LogP contribution in [0.3, 0.4) is 0 Å². The van der Waals surface area contributed by atoms with Crippen molar-refractivity contribution in [3.05, 3.63) is 57.8 Å². The second-order valence-corrected chi connectivity index (χ2v) is 5.80. The third kappa shape index (κ3) is 1.85. The largest absolute Gasteiger partial charge is 0.481 e. The van der Waals surface area contributed by atoms with E-state index in [2.05, 4.69) is 0 Å². The van der Waals surface area contributed by atoms with E-state index >= 15 is 0 Å². The molecule has 2 nitrogen and oxygen atoms in total. The summed E-state index contributed by atoms with van der Waals surface area (Å²) in [4.78, 5) is 11.7. The van der Waals surface area contributed by atoms with Crippen molar-refractivity contribution in [1.82, 2.24) is 0 Å². The van der Waals surface area contributed by atoms with Crippen molar-refractivity contribution in [2.45, 2.75) is 19.3 Å². The fraction of sp³-hybridized carbons (Fsp3) is 0.267. The predicted octanol–water partition coefficient (Wildman–Crippen LogP) is 3.16. The highest BCUT2D eigenvalue weighted by Gasteiger charge is 2.43. The molecule has 0 amide bonds. The third-order valence-electron chi connectivity index (χ3n) is 3.75.